The van der Waals surface area contributed by atoms with E-state index in [4.69, 9.17) is 11.6 Å². The molecule has 0 heterocycles. The number of allylic oxidation sites excluding steroid dienone is 3. The highest BCUT2D eigenvalue weighted by Gasteiger charge is 2.36. The number of alkyl halides is 4. The smallest absolute Gasteiger partial charge is 0.310 e. The predicted octanol–water partition coefficient (Wildman–Crippen LogP) is 5.20. The van der Waals surface area contributed by atoms with Gasteiger partial charge in [-0.3, -0.25) is 0 Å². The first-order valence-electron chi connectivity index (χ1n) is 7.75. The number of hydrazone groups is 1. The topological polar surface area (TPSA) is 27.6 Å². The van der Waals surface area contributed by atoms with Gasteiger partial charge < -0.3 is 5.32 Å². The molecule has 0 aliphatic heterocycles. The summed E-state index contributed by atoms with van der Waals surface area (Å²) in [5, 5.41) is 8.48. The maximum absolute atomic E-state index is 13.1. The van der Waals surface area contributed by atoms with Crippen LogP contribution < -0.4 is 5.32 Å². The molecule has 0 bridgehead atoms. The van der Waals surface area contributed by atoms with E-state index in [2.05, 4.69) is 32.8 Å². The Bertz CT molecular complexity index is 554. The Morgan fingerprint density at radius 3 is 2.40 bits per heavy atom. The molecule has 0 aliphatic carbocycles. The highest BCUT2D eigenvalue weighted by Crippen LogP contribution is 2.27. The van der Waals surface area contributed by atoms with Crippen molar-refractivity contribution >= 4 is 26.6 Å². The predicted molar refractivity (Wildman–Crippen MR) is 105 cm³/mol. The van der Waals surface area contributed by atoms with E-state index in [1.807, 2.05) is 25.2 Å². The average Bonchev–Trinajstić information content (AvgIpc) is 2.52. The van der Waals surface area contributed by atoms with Crippen LogP contribution >= 0.6 is 20.8 Å². The molecule has 3 nitrogen and oxygen atoms in total. The molecular formula is C17H26ClF3N3P. The number of hydrogen-bond acceptors (Lipinski definition) is 3. The number of nitrogens with one attached hydrogen (secondary N) is 1. The van der Waals surface area contributed by atoms with E-state index >= 15 is 0 Å². The molecule has 0 fully saturated rings. The Morgan fingerprint density at radius 1 is 1.40 bits per heavy atom. The number of hydrogen-bond donors (Lipinski definition) is 1. The van der Waals surface area contributed by atoms with Gasteiger partial charge in [-0.05, 0) is 25.7 Å². The molecule has 0 amide bonds. The summed E-state index contributed by atoms with van der Waals surface area (Å²) in [7, 11) is 4.26. The zero-order chi connectivity index (χ0) is 19.6. The minimum Gasteiger partial charge on any atom is -0.310 e. The van der Waals surface area contributed by atoms with Gasteiger partial charge in [-0.25, -0.2) is 5.01 Å². The van der Waals surface area contributed by atoms with Gasteiger partial charge in [-0.15, -0.1) is 20.8 Å². The van der Waals surface area contributed by atoms with Gasteiger partial charge in [0.05, 0.1) is 5.70 Å². The summed E-state index contributed by atoms with van der Waals surface area (Å²) in [6, 6.07) is -0.0786. The average molecular weight is 396 g/mol. The van der Waals surface area contributed by atoms with Crippen molar-refractivity contribution in [3.63, 3.8) is 0 Å². The van der Waals surface area contributed by atoms with Gasteiger partial charge in [0.15, 0.2) is 0 Å². The van der Waals surface area contributed by atoms with Gasteiger partial charge in [-0.1, -0.05) is 38.3 Å². The molecule has 0 saturated carbocycles. The lowest BCUT2D eigenvalue weighted by molar-refractivity contribution is -0.0612. The molecule has 2 atom stereocenters. The molecule has 1 N–H and O–H groups in total. The van der Waals surface area contributed by atoms with Crippen molar-refractivity contribution in [3.05, 3.63) is 48.1 Å². The molecule has 2 unspecified atom stereocenters. The second kappa shape index (κ2) is 11.5. The van der Waals surface area contributed by atoms with Gasteiger partial charge in [0.25, 0.3) is 0 Å². The second-order valence-corrected chi connectivity index (χ2v) is 6.25. The summed E-state index contributed by atoms with van der Waals surface area (Å²) in [4.78, 5) is 0. The van der Waals surface area contributed by atoms with Gasteiger partial charge >= 0.3 is 6.18 Å². The van der Waals surface area contributed by atoms with Crippen LogP contribution in [0.3, 0.4) is 0 Å². The Hall–Kier alpha value is -1.10. The van der Waals surface area contributed by atoms with Crippen molar-refractivity contribution in [3.8, 4) is 0 Å². The number of rotatable bonds is 10. The molecule has 0 aromatic heterocycles. The van der Waals surface area contributed by atoms with Crippen molar-refractivity contribution < 1.29 is 13.2 Å². The summed E-state index contributed by atoms with van der Waals surface area (Å²) >= 11 is 5.47. The van der Waals surface area contributed by atoms with Crippen LogP contribution in [0.4, 0.5) is 13.2 Å². The fourth-order valence-electron chi connectivity index (χ4n) is 1.76. The molecule has 8 heteroatoms. The maximum atomic E-state index is 13.1. The van der Waals surface area contributed by atoms with Gasteiger partial charge in [0.1, 0.15) is 5.71 Å². The Kier molecular flexibility index (Phi) is 11.0. The summed E-state index contributed by atoms with van der Waals surface area (Å²) < 4.78 is 39.3. The van der Waals surface area contributed by atoms with Gasteiger partial charge in [-0.2, -0.15) is 18.3 Å². The van der Waals surface area contributed by atoms with E-state index < -0.39 is 18.3 Å². The molecule has 0 aliphatic rings. The maximum Gasteiger partial charge on any atom is 0.431 e. The van der Waals surface area contributed by atoms with Crippen LogP contribution in [0.25, 0.3) is 0 Å². The number of nitrogens with zero attached hydrogens (tertiary/aromatic N) is 2. The largest absolute Gasteiger partial charge is 0.431 e. The van der Waals surface area contributed by atoms with Crippen molar-refractivity contribution in [1.82, 2.24) is 10.3 Å². The first-order chi connectivity index (χ1) is 11.6. The summed E-state index contributed by atoms with van der Waals surface area (Å²) in [6.45, 7) is 11.1. The van der Waals surface area contributed by atoms with Crippen LogP contribution in [0.5, 0.6) is 0 Å². The minimum absolute atomic E-state index is 0.0786. The molecule has 142 valence electrons. The lowest BCUT2D eigenvalue weighted by Gasteiger charge is -2.24. The highest BCUT2D eigenvalue weighted by atomic mass is 35.5. The molecule has 0 spiro atoms. The van der Waals surface area contributed by atoms with Crippen LogP contribution in [-0.2, 0) is 0 Å². The van der Waals surface area contributed by atoms with E-state index in [1.165, 1.54) is 0 Å². The van der Waals surface area contributed by atoms with Crippen LogP contribution in [0.1, 0.15) is 26.7 Å². The standard InChI is InChI=1S/C17H26ClF3N3P/c1-6-7-8-14(22-5)11-15(25)13(4)24(12(2)3)23-16(9-10-18)17(19,20)21/h7-8,11,14,22H,2,4,6,9-10,25H2,1,3,5H3/b8-7?,15-11+,23-16+. The molecule has 0 rings (SSSR count). The molecule has 0 aromatic carbocycles. The fourth-order valence-corrected chi connectivity index (χ4v) is 2.27. The molecular weight excluding hydrogens is 370 g/mol. The van der Waals surface area contributed by atoms with Crippen molar-refractivity contribution in [2.24, 2.45) is 5.10 Å². The lowest BCUT2D eigenvalue weighted by atomic mass is 10.2. The third-order valence-electron chi connectivity index (χ3n) is 3.10. The number of likely N-dealkylation sites (N-methyl/N-ethyl adjacent to an activating group) is 1. The normalized spacial score (nSPS) is 14.7. The lowest BCUT2D eigenvalue weighted by Crippen LogP contribution is -2.28. The Morgan fingerprint density at radius 2 is 2.00 bits per heavy atom. The van der Waals surface area contributed by atoms with Crippen LogP contribution in [-0.4, -0.2) is 35.9 Å². The first-order valence-corrected chi connectivity index (χ1v) is 8.86. The van der Waals surface area contributed by atoms with Gasteiger partial charge in [0, 0.05) is 24.0 Å². The zero-order valence-electron chi connectivity index (χ0n) is 14.8. The van der Waals surface area contributed by atoms with Crippen molar-refractivity contribution in [2.45, 2.75) is 38.9 Å². The third kappa shape index (κ3) is 8.70. The van der Waals surface area contributed by atoms with E-state index in [-0.39, 0.29) is 11.9 Å². The van der Waals surface area contributed by atoms with E-state index in [9.17, 15) is 13.2 Å². The molecule has 0 radical (unpaired) electrons. The fraction of sp³-hybridized carbons (Fsp3) is 0.471. The van der Waals surface area contributed by atoms with Gasteiger partial charge in [0.2, 0.25) is 0 Å². The summed E-state index contributed by atoms with van der Waals surface area (Å²) in [6.07, 6.45) is 1.71. The quantitative estimate of drug-likeness (QED) is 0.137. The van der Waals surface area contributed by atoms with E-state index in [0.29, 0.717) is 16.7 Å². The Balaban J connectivity index is 5.69. The summed E-state index contributed by atoms with van der Waals surface area (Å²) in [5.41, 5.74) is -0.362. The molecule has 0 aromatic rings. The number of halogens is 4. The van der Waals surface area contributed by atoms with Crippen molar-refractivity contribution in [2.75, 3.05) is 12.9 Å². The van der Waals surface area contributed by atoms with Crippen LogP contribution in [0.2, 0.25) is 0 Å². The second-order valence-electron chi connectivity index (χ2n) is 5.25. The molecule has 25 heavy (non-hydrogen) atoms. The SMILES string of the molecule is C=C(C)N(/N=C(\CCCl)C(F)(F)F)C(=C)/C(P)=C\C(C=CCC)NC. The zero-order valence-corrected chi connectivity index (χ0v) is 16.7. The van der Waals surface area contributed by atoms with E-state index in [0.717, 1.165) is 11.4 Å². The van der Waals surface area contributed by atoms with Crippen LogP contribution in [0, 0.1) is 0 Å². The third-order valence-corrected chi connectivity index (χ3v) is 3.82. The molecule has 0 saturated heterocycles. The van der Waals surface area contributed by atoms with E-state index in [1.54, 1.807) is 14.0 Å². The van der Waals surface area contributed by atoms with Crippen LogP contribution in [0.15, 0.2) is 53.2 Å². The highest BCUT2D eigenvalue weighted by molar-refractivity contribution is 7.23. The summed E-state index contributed by atoms with van der Waals surface area (Å²) in [5.74, 6) is -0.179. The Labute approximate surface area is 155 Å². The monoisotopic (exact) mass is 395 g/mol. The first kappa shape index (κ1) is 23.9. The minimum atomic E-state index is -4.56. The van der Waals surface area contributed by atoms with Crippen molar-refractivity contribution in [1.29, 1.82) is 0 Å².